The van der Waals surface area contributed by atoms with E-state index in [-0.39, 0.29) is 5.92 Å². The van der Waals surface area contributed by atoms with Gasteiger partial charge in [0, 0.05) is 0 Å². The molecule has 0 rings (SSSR count). The van der Waals surface area contributed by atoms with Crippen molar-refractivity contribution in [2.24, 2.45) is 5.92 Å². The van der Waals surface area contributed by atoms with Crippen LogP contribution in [0, 0.1) is 18.3 Å². The fourth-order valence-electron chi connectivity index (χ4n) is 0.461. The van der Waals surface area contributed by atoms with Crippen LogP contribution < -0.4 is 0 Å². The summed E-state index contributed by atoms with van der Waals surface area (Å²) in [5.41, 5.74) is -1.13. The van der Waals surface area contributed by atoms with Crippen LogP contribution in [-0.2, 0) is 0 Å². The molecule has 0 aromatic heterocycles. The Morgan fingerprint density at radius 1 is 1.78 bits per heavy atom. The maximum atomic E-state index is 9.35. The maximum Gasteiger partial charge on any atom is 0.145 e. The lowest BCUT2D eigenvalue weighted by Crippen LogP contribution is -2.29. The Hall–Kier alpha value is -0.740. The summed E-state index contributed by atoms with van der Waals surface area (Å²) < 4.78 is 0. The first-order chi connectivity index (χ1) is 4.06. The number of rotatable bonds is 2. The molecule has 0 aliphatic heterocycles. The van der Waals surface area contributed by atoms with E-state index in [4.69, 9.17) is 6.42 Å². The lowest BCUT2D eigenvalue weighted by Gasteiger charge is -2.21. The molecule has 1 N–H and O–H groups in total. The minimum absolute atomic E-state index is 0.0278. The molecule has 0 heterocycles. The molecule has 1 atom stereocenters. The van der Waals surface area contributed by atoms with Crippen LogP contribution >= 0.6 is 0 Å². The smallest absolute Gasteiger partial charge is 0.145 e. The molecule has 1 heteroatoms. The zero-order chi connectivity index (χ0) is 7.49. The van der Waals surface area contributed by atoms with Crippen LogP contribution in [-0.4, -0.2) is 10.7 Å². The Balaban J connectivity index is 4.32. The van der Waals surface area contributed by atoms with Gasteiger partial charge in [0.2, 0.25) is 0 Å². The highest BCUT2D eigenvalue weighted by Crippen LogP contribution is 2.15. The first kappa shape index (κ1) is 8.26. The van der Waals surface area contributed by atoms with E-state index in [0.717, 1.165) is 0 Å². The van der Waals surface area contributed by atoms with E-state index in [9.17, 15) is 5.11 Å². The average Bonchev–Trinajstić information content (AvgIpc) is 1.86. The molecule has 0 aromatic rings. The quantitative estimate of drug-likeness (QED) is 0.433. The van der Waals surface area contributed by atoms with Crippen molar-refractivity contribution >= 4 is 0 Å². The lowest BCUT2D eigenvalue weighted by atomic mass is 9.92. The number of hydrogen-bond acceptors (Lipinski definition) is 1. The number of terminal acetylenes is 1. The van der Waals surface area contributed by atoms with Crippen molar-refractivity contribution in [3.05, 3.63) is 12.7 Å². The largest absolute Gasteiger partial charge is 0.374 e. The van der Waals surface area contributed by atoms with Crippen LogP contribution in [0.25, 0.3) is 0 Å². The highest BCUT2D eigenvalue weighted by Gasteiger charge is 2.23. The summed E-state index contributed by atoms with van der Waals surface area (Å²) in [7, 11) is 0. The van der Waals surface area contributed by atoms with Gasteiger partial charge in [0.15, 0.2) is 0 Å². The van der Waals surface area contributed by atoms with E-state index >= 15 is 0 Å². The summed E-state index contributed by atoms with van der Waals surface area (Å²) in [4.78, 5) is 0. The predicted molar refractivity (Wildman–Crippen MR) is 38.8 cm³/mol. The van der Waals surface area contributed by atoms with E-state index in [1.165, 1.54) is 6.08 Å². The van der Waals surface area contributed by atoms with Crippen molar-refractivity contribution in [3.8, 4) is 12.3 Å². The molecule has 9 heavy (non-hydrogen) atoms. The molecular formula is C8H12O. The standard InChI is InChI=1S/C8H12O/c1-5-8(9,6-2)7(3)4/h1,6-7,9H,2H2,3-4H3. The first-order valence-corrected chi connectivity index (χ1v) is 2.90. The van der Waals surface area contributed by atoms with Crippen molar-refractivity contribution in [3.63, 3.8) is 0 Å². The molecule has 0 saturated carbocycles. The third kappa shape index (κ3) is 1.58. The van der Waals surface area contributed by atoms with Gasteiger partial charge in [-0.15, -0.1) is 6.42 Å². The lowest BCUT2D eigenvalue weighted by molar-refractivity contribution is 0.103. The normalized spacial score (nSPS) is 16.3. The summed E-state index contributed by atoms with van der Waals surface area (Å²) in [5, 5.41) is 9.35. The minimum Gasteiger partial charge on any atom is -0.374 e. The topological polar surface area (TPSA) is 20.2 Å². The van der Waals surface area contributed by atoms with E-state index in [2.05, 4.69) is 12.5 Å². The fourth-order valence-corrected chi connectivity index (χ4v) is 0.461. The van der Waals surface area contributed by atoms with Gasteiger partial charge in [-0.3, -0.25) is 0 Å². The van der Waals surface area contributed by atoms with Gasteiger partial charge in [0.25, 0.3) is 0 Å². The second-order valence-electron chi connectivity index (χ2n) is 2.33. The average molecular weight is 124 g/mol. The van der Waals surface area contributed by atoms with Gasteiger partial charge in [-0.1, -0.05) is 26.3 Å². The molecule has 0 fully saturated rings. The van der Waals surface area contributed by atoms with Crippen molar-refractivity contribution < 1.29 is 5.11 Å². The number of aliphatic hydroxyl groups is 1. The maximum absolute atomic E-state index is 9.35. The molecule has 1 unspecified atom stereocenters. The van der Waals surface area contributed by atoms with Gasteiger partial charge in [0.05, 0.1) is 0 Å². The van der Waals surface area contributed by atoms with E-state index in [0.29, 0.717) is 0 Å². The summed E-state index contributed by atoms with van der Waals surface area (Å²) in [6, 6.07) is 0. The van der Waals surface area contributed by atoms with E-state index < -0.39 is 5.60 Å². The zero-order valence-electron chi connectivity index (χ0n) is 5.89. The molecule has 0 saturated heterocycles. The SMILES string of the molecule is C#CC(O)(C=C)C(C)C. The van der Waals surface area contributed by atoms with Crippen molar-refractivity contribution in [1.29, 1.82) is 0 Å². The van der Waals surface area contributed by atoms with Crippen LogP contribution in [0.5, 0.6) is 0 Å². The second kappa shape index (κ2) is 2.70. The van der Waals surface area contributed by atoms with Crippen LogP contribution in [0.4, 0.5) is 0 Å². The highest BCUT2D eigenvalue weighted by molar-refractivity contribution is 5.18. The predicted octanol–water partition coefficient (Wildman–Crippen LogP) is 1.19. The third-order valence-corrected chi connectivity index (χ3v) is 1.42. The Labute approximate surface area is 56.4 Å². The van der Waals surface area contributed by atoms with Crippen molar-refractivity contribution in [2.75, 3.05) is 0 Å². The van der Waals surface area contributed by atoms with Gasteiger partial charge < -0.3 is 5.11 Å². The van der Waals surface area contributed by atoms with Crippen LogP contribution in [0.2, 0.25) is 0 Å². The zero-order valence-corrected chi connectivity index (χ0v) is 5.89. The molecule has 0 aliphatic carbocycles. The van der Waals surface area contributed by atoms with Crippen LogP contribution in [0.3, 0.4) is 0 Å². The molecule has 50 valence electrons. The van der Waals surface area contributed by atoms with E-state index in [1.54, 1.807) is 0 Å². The fraction of sp³-hybridized carbons (Fsp3) is 0.500. The van der Waals surface area contributed by atoms with Gasteiger partial charge in [-0.05, 0) is 12.0 Å². The molecule has 1 nitrogen and oxygen atoms in total. The van der Waals surface area contributed by atoms with Crippen molar-refractivity contribution in [2.45, 2.75) is 19.4 Å². The third-order valence-electron chi connectivity index (χ3n) is 1.42. The summed E-state index contributed by atoms with van der Waals surface area (Å²) in [5.74, 6) is 2.29. The van der Waals surface area contributed by atoms with Gasteiger partial charge >= 0.3 is 0 Å². The van der Waals surface area contributed by atoms with Crippen molar-refractivity contribution in [1.82, 2.24) is 0 Å². The van der Waals surface area contributed by atoms with Gasteiger partial charge in [-0.25, -0.2) is 0 Å². The second-order valence-corrected chi connectivity index (χ2v) is 2.33. The van der Waals surface area contributed by atoms with Gasteiger partial charge in [-0.2, -0.15) is 0 Å². The molecule has 0 bridgehead atoms. The minimum atomic E-state index is -1.13. The first-order valence-electron chi connectivity index (χ1n) is 2.90. The molecule has 0 spiro atoms. The Kier molecular flexibility index (Phi) is 2.48. The monoisotopic (exact) mass is 124 g/mol. The van der Waals surface area contributed by atoms with Gasteiger partial charge in [0.1, 0.15) is 5.60 Å². The molecule has 0 aromatic carbocycles. The Morgan fingerprint density at radius 3 is 2.22 bits per heavy atom. The Morgan fingerprint density at radius 2 is 2.22 bits per heavy atom. The summed E-state index contributed by atoms with van der Waals surface area (Å²) >= 11 is 0. The molecule has 0 aliphatic rings. The van der Waals surface area contributed by atoms with E-state index in [1.807, 2.05) is 13.8 Å². The molecule has 0 amide bonds. The van der Waals surface area contributed by atoms with Crippen LogP contribution in [0.1, 0.15) is 13.8 Å². The summed E-state index contributed by atoms with van der Waals surface area (Å²) in [6.07, 6.45) is 6.43. The number of hydrogen-bond donors (Lipinski definition) is 1. The van der Waals surface area contributed by atoms with Crippen LogP contribution in [0.15, 0.2) is 12.7 Å². The Bertz CT molecular complexity index is 141. The molecular weight excluding hydrogens is 112 g/mol. The molecule has 0 radical (unpaired) electrons. The summed E-state index contributed by atoms with van der Waals surface area (Å²) in [6.45, 7) is 7.13. The highest BCUT2D eigenvalue weighted by atomic mass is 16.3.